The van der Waals surface area contributed by atoms with E-state index in [-0.39, 0.29) is 23.9 Å². The Hall–Kier alpha value is -2.22. The van der Waals surface area contributed by atoms with Crippen LogP contribution in [0.5, 0.6) is 0 Å². The molecule has 2 aromatic heterocycles. The van der Waals surface area contributed by atoms with E-state index in [1.807, 2.05) is 16.7 Å². The van der Waals surface area contributed by atoms with Gasteiger partial charge < -0.3 is 9.80 Å². The first-order valence-corrected chi connectivity index (χ1v) is 12.1. The normalized spacial score (nSPS) is 22.8. The van der Waals surface area contributed by atoms with Crippen LogP contribution < -0.4 is 5.56 Å². The quantitative estimate of drug-likeness (QED) is 0.729. The molecule has 0 radical (unpaired) electrons. The van der Waals surface area contributed by atoms with Crippen LogP contribution in [-0.4, -0.2) is 57.3 Å². The Morgan fingerprint density at radius 1 is 1.06 bits per heavy atom. The number of rotatable bonds is 3. The maximum absolute atomic E-state index is 13.2. The van der Waals surface area contributed by atoms with Crippen molar-refractivity contribution in [3.63, 3.8) is 0 Å². The molecule has 0 spiro atoms. The van der Waals surface area contributed by atoms with Crippen LogP contribution in [0.1, 0.15) is 55.3 Å². The van der Waals surface area contributed by atoms with Crippen LogP contribution in [0, 0.1) is 24.7 Å². The van der Waals surface area contributed by atoms with E-state index < -0.39 is 0 Å². The molecule has 31 heavy (non-hydrogen) atoms. The minimum atomic E-state index is -0.239. The first kappa shape index (κ1) is 22.0. The van der Waals surface area contributed by atoms with Gasteiger partial charge in [-0.3, -0.25) is 19.0 Å². The lowest BCUT2D eigenvalue weighted by atomic mass is 9.92. The molecule has 2 aromatic rings. The van der Waals surface area contributed by atoms with Gasteiger partial charge in [0.05, 0.1) is 16.6 Å². The lowest BCUT2D eigenvalue weighted by molar-refractivity contribution is -0.133. The third-order valence-corrected chi connectivity index (χ3v) is 7.90. The topological polar surface area (TPSA) is 75.5 Å². The molecule has 2 aliphatic heterocycles. The summed E-state index contributed by atoms with van der Waals surface area (Å²) < 4.78 is 1.39. The lowest BCUT2D eigenvalue weighted by Crippen LogP contribution is -2.42. The number of aryl methyl sites for hydroxylation is 1. The van der Waals surface area contributed by atoms with Crippen molar-refractivity contribution in [1.29, 1.82) is 0 Å². The zero-order chi connectivity index (χ0) is 22.3. The fourth-order valence-corrected chi connectivity index (χ4v) is 6.06. The third kappa shape index (κ3) is 4.40. The molecule has 0 aliphatic carbocycles. The second-order valence-electron chi connectivity index (χ2n) is 9.63. The van der Waals surface area contributed by atoms with Crippen LogP contribution in [0.2, 0.25) is 0 Å². The average molecular weight is 445 g/mol. The third-order valence-electron chi connectivity index (χ3n) is 6.71. The molecular weight excluding hydrogens is 412 g/mol. The van der Waals surface area contributed by atoms with E-state index in [1.165, 1.54) is 22.2 Å². The number of carbonyl (C=O) groups is 2. The summed E-state index contributed by atoms with van der Waals surface area (Å²) in [6.45, 7) is 11.4. The van der Waals surface area contributed by atoms with Gasteiger partial charge in [-0.05, 0) is 49.5 Å². The summed E-state index contributed by atoms with van der Waals surface area (Å²) in [5, 5.41) is 0.467. The highest BCUT2D eigenvalue weighted by molar-refractivity contribution is 7.20. The largest absolute Gasteiger partial charge is 0.341 e. The van der Waals surface area contributed by atoms with Crippen molar-refractivity contribution in [3.05, 3.63) is 27.1 Å². The van der Waals surface area contributed by atoms with E-state index >= 15 is 0 Å². The van der Waals surface area contributed by atoms with E-state index in [0.717, 1.165) is 45.4 Å². The molecule has 2 amide bonds. The Bertz CT molecular complexity index is 1040. The average Bonchev–Trinajstić information content (AvgIpc) is 3.06. The summed E-state index contributed by atoms with van der Waals surface area (Å²) >= 11 is 1.29. The summed E-state index contributed by atoms with van der Waals surface area (Å²) in [4.78, 5) is 48.4. The molecule has 2 saturated heterocycles. The number of hydrogen-bond donors (Lipinski definition) is 0. The van der Waals surface area contributed by atoms with Crippen molar-refractivity contribution in [2.45, 2.75) is 53.5 Å². The number of fused-ring (bicyclic) bond motifs is 1. The summed E-state index contributed by atoms with van der Waals surface area (Å²) in [5.41, 5.74) is 0.443. The van der Waals surface area contributed by atoms with Crippen molar-refractivity contribution in [3.8, 4) is 0 Å². The van der Waals surface area contributed by atoms with Crippen LogP contribution in [0.25, 0.3) is 10.2 Å². The molecule has 4 rings (SSSR count). The van der Waals surface area contributed by atoms with Crippen LogP contribution in [0.3, 0.4) is 0 Å². The minimum Gasteiger partial charge on any atom is -0.341 e. The van der Waals surface area contributed by atoms with Crippen LogP contribution in [0.15, 0.2) is 11.1 Å². The van der Waals surface area contributed by atoms with Crippen molar-refractivity contribution in [1.82, 2.24) is 19.4 Å². The molecule has 7 nitrogen and oxygen atoms in total. The summed E-state index contributed by atoms with van der Waals surface area (Å²) in [6, 6.07) is 0. The lowest BCUT2D eigenvalue weighted by Gasteiger charge is -2.34. The number of hydrogen-bond acceptors (Lipinski definition) is 5. The zero-order valence-electron chi connectivity index (χ0n) is 18.9. The van der Waals surface area contributed by atoms with Crippen molar-refractivity contribution < 1.29 is 9.59 Å². The number of nitrogens with zero attached hydrogens (tertiary/aromatic N) is 4. The van der Waals surface area contributed by atoms with E-state index in [2.05, 4.69) is 25.8 Å². The Labute approximate surface area is 187 Å². The monoisotopic (exact) mass is 444 g/mol. The highest BCUT2D eigenvalue weighted by Gasteiger charge is 2.29. The Kier molecular flexibility index (Phi) is 6.19. The number of amides is 2. The molecule has 0 N–H and O–H groups in total. The zero-order valence-corrected chi connectivity index (χ0v) is 19.7. The molecular formula is C23H32N4O3S. The maximum Gasteiger partial charge on any atom is 0.264 e. The molecule has 8 heteroatoms. The molecule has 0 aromatic carbocycles. The van der Waals surface area contributed by atoms with Gasteiger partial charge in [0.2, 0.25) is 5.91 Å². The van der Waals surface area contributed by atoms with Gasteiger partial charge in [0.25, 0.3) is 11.5 Å². The smallest absolute Gasteiger partial charge is 0.264 e. The summed E-state index contributed by atoms with van der Waals surface area (Å²) in [7, 11) is 0. The number of carbonyl (C=O) groups excluding carboxylic acids is 2. The molecule has 2 atom stereocenters. The minimum absolute atomic E-state index is 0.00409. The number of piperidine rings is 2. The van der Waals surface area contributed by atoms with Crippen molar-refractivity contribution in [2.24, 2.45) is 17.8 Å². The van der Waals surface area contributed by atoms with E-state index in [1.54, 1.807) is 0 Å². The highest BCUT2D eigenvalue weighted by atomic mass is 32.1. The van der Waals surface area contributed by atoms with E-state index in [0.29, 0.717) is 38.4 Å². The van der Waals surface area contributed by atoms with Gasteiger partial charge in [0.1, 0.15) is 11.4 Å². The van der Waals surface area contributed by atoms with Gasteiger partial charge in [0.15, 0.2) is 0 Å². The number of aromatic nitrogens is 2. The van der Waals surface area contributed by atoms with Crippen molar-refractivity contribution in [2.75, 3.05) is 26.2 Å². The fourth-order valence-electron chi connectivity index (χ4n) is 4.95. The van der Waals surface area contributed by atoms with Gasteiger partial charge in [-0.15, -0.1) is 11.3 Å². The Morgan fingerprint density at radius 2 is 1.71 bits per heavy atom. The van der Waals surface area contributed by atoms with Gasteiger partial charge >= 0.3 is 0 Å². The maximum atomic E-state index is 13.2. The van der Waals surface area contributed by atoms with Gasteiger partial charge in [-0.2, -0.15) is 0 Å². The molecule has 168 valence electrons. The van der Waals surface area contributed by atoms with Crippen molar-refractivity contribution >= 4 is 33.4 Å². The predicted octanol–water partition coefficient (Wildman–Crippen LogP) is 3.14. The van der Waals surface area contributed by atoms with E-state index in [9.17, 15) is 14.4 Å². The molecule has 4 heterocycles. The first-order chi connectivity index (χ1) is 14.7. The second-order valence-corrected chi connectivity index (χ2v) is 10.6. The fraction of sp³-hybridized carbons (Fsp3) is 0.652. The molecule has 0 saturated carbocycles. The van der Waals surface area contributed by atoms with E-state index in [4.69, 9.17) is 0 Å². The van der Waals surface area contributed by atoms with Crippen LogP contribution in [0.4, 0.5) is 0 Å². The molecule has 2 fully saturated rings. The summed E-state index contributed by atoms with van der Waals surface area (Å²) in [6.07, 6.45) is 4.58. The number of likely N-dealkylation sites (tertiary alicyclic amines) is 2. The predicted molar refractivity (Wildman–Crippen MR) is 122 cm³/mol. The second kappa shape index (κ2) is 8.73. The molecule has 0 bridgehead atoms. The van der Waals surface area contributed by atoms with Gasteiger partial charge in [-0.1, -0.05) is 20.8 Å². The molecule has 2 aliphatic rings. The standard InChI is InChI=1S/C23H32N4O3S/c1-14-5-7-25(8-6-14)18(28)12-27-13-24-21-19(22(27)29)17(4)20(31-21)23(30)26-10-15(2)9-16(3)11-26/h13-16H,5-12H2,1-4H3. The van der Waals surface area contributed by atoms with Crippen LogP contribution >= 0.6 is 11.3 Å². The number of thiophene rings is 1. The SMILES string of the molecule is Cc1c(C(=O)N2CC(C)CC(C)C2)sc2ncn(CC(=O)N3CCC(C)CC3)c(=O)c12. The highest BCUT2D eigenvalue weighted by Crippen LogP contribution is 2.30. The summed E-state index contributed by atoms with van der Waals surface area (Å²) in [5.74, 6) is 1.53. The van der Waals surface area contributed by atoms with Crippen LogP contribution in [-0.2, 0) is 11.3 Å². The van der Waals surface area contributed by atoms with Gasteiger partial charge in [-0.25, -0.2) is 4.98 Å². The van der Waals surface area contributed by atoms with Gasteiger partial charge in [0, 0.05) is 26.2 Å². The first-order valence-electron chi connectivity index (χ1n) is 11.3. The molecule has 2 unspecified atom stereocenters. The Morgan fingerprint density at radius 3 is 2.35 bits per heavy atom. The Balaban J connectivity index is 1.58.